The number of aliphatic hydroxyl groups excluding tert-OH is 1. The third kappa shape index (κ3) is 5.72. The normalized spacial score (nSPS) is 12.2. The molecular formula is C16H25NO3. The Morgan fingerprint density at radius 1 is 1.40 bits per heavy atom. The van der Waals surface area contributed by atoms with E-state index in [2.05, 4.69) is 12.2 Å². The van der Waals surface area contributed by atoms with Crippen LogP contribution < -0.4 is 5.32 Å². The predicted octanol–water partition coefficient (Wildman–Crippen LogP) is 2.36. The molecule has 4 nitrogen and oxygen atoms in total. The third-order valence-corrected chi connectivity index (χ3v) is 3.29. The van der Waals surface area contributed by atoms with Gasteiger partial charge in [-0.15, -0.1) is 0 Å². The number of ether oxygens (including phenoxy) is 1. The molecule has 0 bridgehead atoms. The Kier molecular flexibility index (Phi) is 7.92. The molecule has 20 heavy (non-hydrogen) atoms. The lowest BCUT2D eigenvalue weighted by molar-refractivity contribution is 0.0942. The highest BCUT2D eigenvalue weighted by Gasteiger charge is 2.11. The van der Waals surface area contributed by atoms with Crippen molar-refractivity contribution in [2.75, 3.05) is 20.3 Å². The van der Waals surface area contributed by atoms with Crippen LogP contribution in [0, 0.1) is 5.92 Å². The summed E-state index contributed by atoms with van der Waals surface area (Å²) < 4.78 is 5.07. The van der Waals surface area contributed by atoms with Crippen molar-refractivity contribution in [3.8, 4) is 0 Å². The van der Waals surface area contributed by atoms with Gasteiger partial charge in [-0.3, -0.25) is 4.79 Å². The van der Waals surface area contributed by atoms with Crippen LogP contribution >= 0.6 is 0 Å². The Bertz CT molecular complexity index is 400. The first-order valence-electron chi connectivity index (χ1n) is 7.18. The Labute approximate surface area is 121 Å². The van der Waals surface area contributed by atoms with Gasteiger partial charge in [0.1, 0.15) is 0 Å². The van der Waals surface area contributed by atoms with E-state index in [1.165, 1.54) is 0 Å². The van der Waals surface area contributed by atoms with Gasteiger partial charge in [0.05, 0.1) is 6.61 Å². The Morgan fingerprint density at radius 2 is 2.20 bits per heavy atom. The standard InChI is InChI=1S/C16H25NO3/c1-3-5-13(8-9-18)11-17-16(19)15-7-4-6-14(10-15)12-20-2/h4,6-7,10,13,18H,3,5,8-9,11-12H2,1-2H3,(H,17,19). The maximum Gasteiger partial charge on any atom is 0.251 e. The van der Waals surface area contributed by atoms with Crippen LogP contribution in [0.15, 0.2) is 24.3 Å². The number of benzene rings is 1. The van der Waals surface area contributed by atoms with Gasteiger partial charge in [0.25, 0.3) is 5.91 Å². The number of carbonyl (C=O) groups excluding carboxylic acids is 1. The molecule has 0 saturated carbocycles. The third-order valence-electron chi connectivity index (χ3n) is 3.29. The summed E-state index contributed by atoms with van der Waals surface area (Å²) in [6.45, 7) is 3.40. The SMILES string of the molecule is CCCC(CCO)CNC(=O)c1cccc(COC)c1. The highest BCUT2D eigenvalue weighted by atomic mass is 16.5. The second kappa shape index (κ2) is 9.50. The van der Waals surface area contributed by atoms with Crippen LogP contribution in [0.25, 0.3) is 0 Å². The molecule has 1 unspecified atom stereocenters. The smallest absolute Gasteiger partial charge is 0.251 e. The van der Waals surface area contributed by atoms with Crippen molar-refractivity contribution in [3.63, 3.8) is 0 Å². The number of hydrogen-bond acceptors (Lipinski definition) is 3. The van der Waals surface area contributed by atoms with Crippen molar-refractivity contribution in [2.45, 2.75) is 32.8 Å². The summed E-state index contributed by atoms with van der Waals surface area (Å²) in [6, 6.07) is 7.45. The molecule has 1 amide bonds. The number of aliphatic hydroxyl groups is 1. The van der Waals surface area contributed by atoms with Crippen molar-refractivity contribution >= 4 is 5.91 Å². The highest BCUT2D eigenvalue weighted by Crippen LogP contribution is 2.11. The lowest BCUT2D eigenvalue weighted by Gasteiger charge is -2.15. The quantitative estimate of drug-likeness (QED) is 0.729. The number of nitrogens with one attached hydrogen (secondary N) is 1. The fourth-order valence-corrected chi connectivity index (χ4v) is 2.25. The molecular weight excluding hydrogens is 254 g/mol. The fourth-order valence-electron chi connectivity index (χ4n) is 2.25. The van der Waals surface area contributed by atoms with Gasteiger partial charge in [0.15, 0.2) is 0 Å². The molecule has 0 aliphatic heterocycles. The average molecular weight is 279 g/mol. The van der Waals surface area contributed by atoms with E-state index in [4.69, 9.17) is 9.84 Å². The molecule has 1 aromatic carbocycles. The molecule has 0 saturated heterocycles. The molecule has 112 valence electrons. The second-order valence-corrected chi connectivity index (χ2v) is 5.01. The average Bonchev–Trinajstić information content (AvgIpc) is 2.45. The van der Waals surface area contributed by atoms with Gasteiger partial charge in [0, 0.05) is 25.8 Å². The minimum Gasteiger partial charge on any atom is -0.396 e. The molecule has 1 rings (SSSR count). The van der Waals surface area contributed by atoms with Crippen LogP contribution in [0.4, 0.5) is 0 Å². The van der Waals surface area contributed by atoms with E-state index in [0.29, 0.717) is 24.6 Å². The summed E-state index contributed by atoms with van der Waals surface area (Å²) >= 11 is 0. The lowest BCUT2D eigenvalue weighted by Crippen LogP contribution is -2.29. The fraction of sp³-hybridized carbons (Fsp3) is 0.562. The second-order valence-electron chi connectivity index (χ2n) is 5.01. The first kappa shape index (κ1) is 16.7. The minimum absolute atomic E-state index is 0.0676. The van der Waals surface area contributed by atoms with E-state index in [-0.39, 0.29) is 12.5 Å². The number of methoxy groups -OCH3 is 1. The molecule has 0 aromatic heterocycles. The largest absolute Gasteiger partial charge is 0.396 e. The number of carbonyl (C=O) groups is 1. The first-order chi connectivity index (χ1) is 9.71. The van der Waals surface area contributed by atoms with Crippen LogP contribution in [0.2, 0.25) is 0 Å². The zero-order chi connectivity index (χ0) is 14.8. The highest BCUT2D eigenvalue weighted by molar-refractivity contribution is 5.94. The molecule has 4 heteroatoms. The summed E-state index contributed by atoms with van der Waals surface area (Å²) in [7, 11) is 1.64. The molecule has 0 fully saturated rings. The molecule has 0 aliphatic carbocycles. The molecule has 0 heterocycles. The molecule has 2 N–H and O–H groups in total. The number of rotatable bonds is 9. The van der Waals surface area contributed by atoms with E-state index in [1.54, 1.807) is 13.2 Å². The summed E-state index contributed by atoms with van der Waals surface area (Å²) in [5.74, 6) is 0.276. The van der Waals surface area contributed by atoms with E-state index < -0.39 is 0 Å². The van der Waals surface area contributed by atoms with Crippen LogP contribution in [-0.4, -0.2) is 31.3 Å². The van der Waals surface area contributed by atoms with Gasteiger partial charge in [-0.25, -0.2) is 0 Å². The van der Waals surface area contributed by atoms with Gasteiger partial charge in [-0.1, -0.05) is 25.5 Å². The van der Waals surface area contributed by atoms with Gasteiger partial charge in [-0.2, -0.15) is 0 Å². The van der Waals surface area contributed by atoms with Gasteiger partial charge in [0.2, 0.25) is 0 Å². The maximum atomic E-state index is 12.1. The summed E-state index contributed by atoms with van der Waals surface area (Å²) in [5, 5.41) is 12.0. The summed E-state index contributed by atoms with van der Waals surface area (Å²) in [4.78, 5) is 12.1. The Hall–Kier alpha value is -1.39. The zero-order valence-electron chi connectivity index (χ0n) is 12.4. The molecule has 1 aromatic rings. The maximum absolute atomic E-state index is 12.1. The number of amides is 1. The molecule has 0 aliphatic rings. The molecule has 0 radical (unpaired) electrons. The van der Waals surface area contributed by atoms with Crippen molar-refractivity contribution in [1.29, 1.82) is 0 Å². The lowest BCUT2D eigenvalue weighted by atomic mass is 10.00. The van der Waals surface area contributed by atoms with Crippen LogP contribution in [0.3, 0.4) is 0 Å². The monoisotopic (exact) mass is 279 g/mol. The van der Waals surface area contributed by atoms with E-state index in [0.717, 1.165) is 24.8 Å². The summed E-state index contributed by atoms with van der Waals surface area (Å²) in [6.07, 6.45) is 2.81. The van der Waals surface area contributed by atoms with Gasteiger partial charge >= 0.3 is 0 Å². The molecule has 0 spiro atoms. The van der Waals surface area contributed by atoms with Crippen molar-refractivity contribution < 1.29 is 14.6 Å². The van der Waals surface area contributed by atoms with Crippen molar-refractivity contribution in [3.05, 3.63) is 35.4 Å². The van der Waals surface area contributed by atoms with Gasteiger partial charge < -0.3 is 15.2 Å². The van der Waals surface area contributed by atoms with Crippen LogP contribution in [0.1, 0.15) is 42.1 Å². The topological polar surface area (TPSA) is 58.6 Å². The zero-order valence-corrected chi connectivity index (χ0v) is 12.4. The minimum atomic E-state index is -0.0676. The predicted molar refractivity (Wildman–Crippen MR) is 79.6 cm³/mol. The van der Waals surface area contributed by atoms with E-state index in [9.17, 15) is 4.79 Å². The first-order valence-corrected chi connectivity index (χ1v) is 7.18. The Balaban J connectivity index is 2.54. The molecule has 1 atom stereocenters. The van der Waals surface area contributed by atoms with Crippen LogP contribution in [0.5, 0.6) is 0 Å². The van der Waals surface area contributed by atoms with Crippen molar-refractivity contribution in [1.82, 2.24) is 5.32 Å². The van der Waals surface area contributed by atoms with Crippen LogP contribution in [-0.2, 0) is 11.3 Å². The summed E-state index contributed by atoms with van der Waals surface area (Å²) in [5.41, 5.74) is 1.64. The van der Waals surface area contributed by atoms with Crippen molar-refractivity contribution in [2.24, 2.45) is 5.92 Å². The van der Waals surface area contributed by atoms with Gasteiger partial charge in [-0.05, 0) is 36.5 Å². The number of hydrogen-bond donors (Lipinski definition) is 2. The Morgan fingerprint density at radius 3 is 2.85 bits per heavy atom. The van der Waals surface area contributed by atoms with E-state index >= 15 is 0 Å². The van der Waals surface area contributed by atoms with E-state index in [1.807, 2.05) is 18.2 Å².